The van der Waals surface area contributed by atoms with Crippen LogP contribution in [-0.4, -0.2) is 20.5 Å². The van der Waals surface area contributed by atoms with Crippen LogP contribution < -0.4 is 5.32 Å². The summed E-state index contributed by atoms with van der Waals surface area (Å²) < 4.78 is 41.8. The summed E-state index contributed by atoms with van der Waals surface area (Å²) in [5.74, 6) is -0.486. The topological polar surface area (TPSA) is 59.3 Å². The molecule has 1 aliphatic rings. The van der Waals surface area contributed by atoms with Crippen LogP contribution in [0.15, 0.2) is 54.0 Å². The number of amides is 1. The normalized spacial score (nSPS) is 16.3. The molecular formula is C22H17F3N4OS. The van der Waals surface area contributed by atoms with Crippen molar-refractivity contribution in [2.45, 2.75) is 31.5 Å². The maximum Gasteiger partial charge on any atom is 0.433 e. The average molecular weight is 442 g/mol. The van der Waals surface area contributed by atoms with Crippen LogP contribution in [0.2, 0.25) is 0 Å². The molecule has 1 atom stereocenters. The van der Waals surface area contributed by atoms with E-state index in [1.165, 1.54) is 16.9 Å². The fraction of sp³-hybridized carbons (Fsp3) is 0.227. The number of hydrogen-bond donors (Lipinski definition) is 1. The van der Waals surface area contributed by atoms with Gasteiger partial charge in [0.05, 0.1) is 22.8 Å². The fourth-order valence-electron chi connectivity index (χ4n) is 4.02. The highest BCUT2D eigenvalue weighted by Gasteiger charge is 2.36. The molecule has 5 nitrogen and oxygen atoms in total. The summed E-state index contributed by atoms with van der Waals surface area (Å²) in [6.45, 7) is 0. The predicted molar refractivity (Wildman–Crippen MR) is 111 cm³/mol. The van der Waals surface area contributed by atoms with E-state index in [2.05, 4.69) is 15.4 Å². The van der Waals surface area contributed by atoms with Crippen LogP contribution in [0.4, 0.5) is 13.2 Å². The summed E-state index contributed by atoms with van der Waals surface area (Å²) in [6, 6.07) is 12.1. The van der Waals surface area contributed by atoms with Crippen molar-refractivity contribution in [2.75, 3.05) is 0 Å². The number of carbonyl (C=O) groups excluding carboxylic acids is 1. The van der Waals surface area contributed by atoms with Gasteiger partial charge in [0.2, 0.25) is 0 Å². The Bertz CT molecular complexity index is 1260. The van der Waals surface area contributed by atoms with Crippen molar-refractivity contribution in [3.63, 3.8) is 0 Å². The van der Waals surface area contributed by atoms with Gasteiger partial charge in [-0.25, -0.2) is 9.50 Å². The molecule has 1 N–H and O–H groups in total. The Balaban J connectivity index is 1.56. The van der Waals surface area contributed by atoms with Crippen LogP contribution in [0.3, 0.4) is 0 Å². The second kappa shape index (κ2) is 7.49. The molecule has 9 heteroatoms. The van der Waals surface area contributed by atoms with Gasteiger partial charge < -0.3 is 5.32 Å². The highest BCUT2D eigenvalue weighted by Crippen LogP contribution is 2.34. The van der Waals surface area contributed by atoms with Crippen LogP contribution in [0.5, 0.6) is 0 Å². The molecule has 3 aromatic heterocycles. The molecule has 0 spiro atoms. The molecule has 31 heavy (non-hydrogen) atoms. The van der Waals surface area contributed by atoms with Gasteiger partial charge in [-0.05, 0) is 47.9 Å². The maximum absolute atomic E-state index is 13.7. The molecular weight excluding hydrogens is 425 g/mol. The summed E-state index contributed by atoms with van der Waals surface area (Å²) in [7, 11) is 0. The first-order valence-corrected chi connectivity index (χ1v) is 10.7. The Labute approximate surface area is 179 Å². The highest BCUT2D eigenvalue weighted by atomic mass is 32.1. The van der Waals surface area contributed by atoms with Gasteiger partial charge in [0.15, 0.2) is 11.3 Å². The Kier molecular flexibility index (Phi) is 4.77. The number of thiophene rings is 1. The number of fused-ring (bicyclic) bond motifs is 2. The third-order valence-electron chi connectivity index (χ3n) is 5.46. The molecule has 0 unspecified atom stereocenters. The fourth-order valence-corrected chi connectivity index (χ4v) is 4.70. The molecule has 0 radical (unpaired) electrons. The van der Waals surface area contributed by atoms with Crippen molar-refractivity contribution in [2.24, 2.45) is 0 Å². The first-order valence-electron chi connectivity index (χ1n) is 9.80. The van der Waals surface area contributed by atoms with E-state index in [1.54, 1.807) is 17.5 Å². The number of nitrogens with zero attached hydrogens (tertiary/aromatic N) is 3. The van der Waals surface area contributed by atoms with Crippen molar-refractivity contribution >= 4 is 22.9 Å². The number of aromatic nitrogens is 3. The largest absolute Gasteiger partial charge is 0.433 e. The van der Waals surface area contributed by atoms with E-state index in [9.17, 15) is 18.0 Å². The molecule has 0 bridgehead atoms. The van der Waals surface area contributed by atoms with Gasteiger partial charge in [-0.2, -0.15) is 18.3 Å². The summed E-state index contributed by atoms with van der Waals surface area (Å²) in [5.41, 5.74) is 1.32. The van der Waals surface area contributed by atoms with Gasteiger partial charge in [0.1, 0.15) is 5.56 Å². The molecule has 0 aliphatic heterocycles. The number of halogens is 3. The zero-order valence-electron chi connectivity index (χ0n) is 16.2. The van der Waals surface area contributed by atoms with E-state index >= 15 is 0 Å². The van der Waals surface area contributed by atoms with Gasteiger partial charge in [-0.3, -0.25) is 4.79 Å². The second-order valence-electron chi connectivity index (χ2n) is 7.41. The van der Waals surface area contributed by atoms with Crippen molar-refractivity contribution in [1.29, 1.82) is 0 Å². The van der Waals surface area contributed by atoms with Gasteiger partial charge in [0.25, 0.3) is 5.91 Å². The lowest BCUT2D eigenvalue weighted by molar-refractivity contribution is -0.142. The summed E-state index contributed by atoms with van der Waals surface area (Å²) in [4.78, 5) is 18.0. The minimum Gasteiger partial charge on any atom is -0.345 e. The minimum absolute atomic E-state index is 0.0203. The van der Waals surface area contributed by atoms with Crippen molar-refractivity contribution in [1.82, 2.24) is 19.9 Å². The van der Waals surface area contributed by atoms with Gasteiger partial charge >= 0.3 is 6.18 Å². The van der Waals surface area contributed by atoms with E-state index in [0.717, 1.165) is 37.1 Å². The first kappa shape index (κ1) is 19.7. The van der Waals surface area contributed by atoms with Crippen LogP contribution in [-0.2, 0) is 12.6 Å². The third-order valence-corrected chi connectivity index (χ3v) is 6.35. The highest BCUT2D eigenvalue weighted by molar-refractivity contribution is 7.13. The molecule has 0 saturated heterocycles. The number of rotatable bonds is 3. The monoisotopic (exact) mass is 442 g/mol. The number of alkyl halides is 3. The van der Waals surface area contributed by atoms with Crippen LogP contribution >= 0.6 is 11.3 Å². The Morgan fingerprint density at radius 3 is 2.81 bits per heavy atom. The van der Waals surface area contributed by atoms with Gasteiger partial charge in [-0.15, -0.1) is 11.3 Å². The SMILES string of the molecule is O=C(N[C@@H]1CCCc2ccccc21)c1cnn2c(C(F)(F)F)cc(-c3cccs3)nc12. The summed E-state index contributed by atoms with van der Waals surface area (Å²) >= 11 is 1.28. The molecule has 1 aromatic carbocycles. The number of aryl methyl sites for hydroxylation is 1. The van der Waals surface area contributed by atoms with E-state index in [-0.39, 0.29) is 22.9 Å². The summed E-state index contributed by atoms with van der Waals surface area (Å²) in [6.07, 6.45) is -0.853. The number of hydrogen-bond acceptors (Lipinski definition) is 4. The maximum atomic E-state index is 13.7. The van der Waals surface area contributed by atoms with Gasteiger partial charge in [-0.1, -0.05) is 30.3 Å². The van der Waals surface area contributed by atoms with Crippen LogP contribution in [0, 0.1) is 0 Å². The number of carbonyl (C=O) groups is 1. The number of nitrogens with one attached hydrogen (secondary N) is 1. The average Bonchev–Trinajstić information content (AvgIpc) is 3.42. The van der Waals surface area contributed by atoms with Gasteiger partial charge in [0, 0.05) is 0 Å². The Morgan fingerprint density at radius 2 is 2.03 bits per heavy atom. The zero-order chi connectivity index (χ0) is 21.6. The third kappa shape index (κ3) is 3.59. The van der Waals surface area contributed by atoms with E-state index in [0.29, 0.717) is 9.39 Å². The predicted octanol–water partition coefficient (Wildman–Crippen LogP) is 5.28. The van der Waals surface area contributed by atoms with Crippen molar-refractivity contribution in [3.8, 4) is 10.6 Å². The second-order valence-corrected chi connectivity index (χ2v) is 8.36. The molecule has 1 aliphatic carbocycles. The van der Waals surface area contributed by atoms with Crippen molar-refractivity contribution < 1.29 is 18.0 Å². The molecule has 5 rings (SSSR count). The van der Waals surface area contributed by atoms with E-state index in [4.69, 9.17) is 0 Å². The van der Waals surface area contributed by atoms with Crippen LogP contribution in [0.1, 0.15) is 46.1 Å². The molecule has 0 saturated carbocycles. The smallest absolute Gasteiger partial charge is 0.345 e. The Morgan fingerprint density at radius 1 is 1.19 bits per heavy atom. The summed E-state index contributed by atoms with van der Waals surface area (Å²) in [5, 5.41) is 8.58. The lowest BCUT2D eigenvalue weighted by Crippen LogP contribution is -2.31. The molecule has 158 valence electrons. The van der Waals surface area contributed by atoms with Crippen LogP contribution in [0.25, 0.3) is 16.2 Å². The molecule has 4 aromatic rings. The molecule has 0 fully saturated rings. The zero-order valence-corrected chi connectivity index (χ0v) is 17.0. The van der Waals surface area contributed by atoms with E-state index < -0.39 is 17.8 Å². The standard InChI is InChI=1S/C22H17F3N4OS/c23-22(24,25)19-11-17(18-9-4-10-31-18)27-20-15(12-26-29(19)20)21(30)28-16-8-3-6-13-5-1-2-7-14(13)16/h1-2,4-5,7,9-12,16H,3,6,8H2,(H,28,30)/t16-/m1/s1. The minimum atomic E-state index is -4.64. The quantitative estimate of drug-likeness (QED) is 0.469. The van der Waals surface area contributed by atoms with Crippen molar-refractivity contribution in [3.05, 3.63) is 76.4 Å². The van der Waals surface area contributed by atoms with E-state index in [1.807, 2.05) is 24.3 Å². The lowest BCUT2D eigenvalue weighted by Gasteiger charge is -2.26. The lowest BCUT2D eigenvalue weighted by atomic mass is 9.87. The number of benzene rings is 1. The first-order chi connectivity index (χ1) is 14.9. The molecule has 1 amide bonds. The Hall–Kier alpha value is -3.20. The molecule has 3 heterocycles.